The fraction of sp³-hybridized carbons (Fsp3) is 0.409. The molecule has 4 atom stereocenters. The molecule has 46 heavy (non-hydrogen) atoms. The minimum Gasteiger partial charge on any atom is -0.304 e. The first-order valence-corrected chi connectivity index (χ1v) is 17.2. The van der Waals surface area contributed by atoms with Gasteiger partial charge in [-0.2, -0.15) is 0 Å². The summed E-state index contributed by atoms with van der Waals surface area (Å²) in [6.07, 6.45) is 14.0. The largest absolute Gasteiger partial charge is 0.304 e. The van der Waals surface area contributed by atoms with Gasteiger partial charge in [-0.3, -0.25) is 0 Å². The van der Waals surface area contributed by atoms with E-state index in [0.717, 1.165) is 0 Å². The van der Waals surface area contributed by atoms with E-state index in [1.807, 2.05) is 0 Å². The van der Waals surface area contributed by atoms with Crippen LogP contribution in [0.5, 0.6) is 0 Å². The van der Waals surface area contributed by atoms with Crippen LogP contribution in [0.4, 0.5) is 0 Å². The third-order valence-electron chi connectivity index (χ3n) is 10.7. The standard InChI is InChI=1S/C44H56N2/c1-12-43(37(28(3)4)24-35(25-38(43)29(5)6)33-20-16-14-17-21-33)42(41(46)32(11)45)44(13-2)39(30(7)8)26-36(27-40(44)31(9)10)34-22-18-15-19-23-34/h12-31,37,39,42,45-46H,1-2H2,3-11H3. The fourth-order valence-electron chi connectivity index (χ4n) is 8.72. The lowest BCUT2D eigenvalue weighted by molar-refractivity contribution is 0.0825. The molecule has 0 amide bonds. The molecule has 2 heteroatoms. The molecule has 0 saturated carbocycles. The normalized spacial score (nSPS) is 25.5. The molecule has 0 spiro atoms. The molecule has 2 nitrogen and oxygen atoms in total. The van der Waals surface area contributed by atoms with E-state index >= 15 is 0 Å². The lowest BCUT2D eigenvalue weighted by Gasteiger charge is -2.60. The van der Waals surface area contributed by atoms with Crippen LogP contribution in [0.15, 0.2) is 121 Å². The second-order valence-corrected chi connectivity index (χ2v) is 14.8. The SMILES string of the molecule is C=CC1(C(C(=N)C(C)=N)C2(C=C)C(C(C)C)=CC(c3ccccc3)=CC2C(C)C)C(C(C)C)=CC(c2ccccc2)=CC1C(C)C. The maximum absolute atomic E-state index is 9.97. The van der Waals surface area contributed by atoms with Crippen molar-refractivity contribution >= 4 is 22.6 Å². The van der Waals surface area contributed by atoms with E-state index in [1.54, 1.807) is 6.92 Å². The van der Waals surface area contributed by atoms with Crippen LogP contribution in [-0.2, 0) is 0 Å². The van der Waals surface area contributed by atoms with Gasteiger partial charge < -0.3 is 10.8 Å². The van der Waals surface area contributed by atoms with E-state index in [1.165, 1.54) is 33.4 Å². The summed E-state index contributed by atoms with van der Waals surface area (Å²) < 4.78 is 0. The average Bonchev–Trinajstić information content (AvgIpc) is 3.04. The second kappa shape index (κ2) is 13.9. The highest BCUT2D eigenvalue weighted by Crippen LogP contribution is 2.65. The van der Waals surface area contributed by atoms with Gasteiger partial charge in [-0.15, -0.1) is 13.2 Å². The molecule has 2 aromatic carbocycles. The molecule has 0 aromatic heterocycles. The summed E-state index contributed by atoms with van der Waals surface area (Å²) in [6.45, 7) is 29.4. The smallest absolute Gasteiger partial charge is 0.0573 e. The van der Waals surface area contributed by atoms with Crippen molar-refractivity contribution < 1.29 is 0 Å². The molecule has 4 rings (SSSR count). The Bertz CT molecular complexity index is 1470. The van der Waals surface area contributed by atoms with Crippen molar-refractivity contribution in [2.45, 2.75) is 62.3 Å². The molecular weight excluding hydrogens is 556 g/mol. The third kappa shape index (κ3) is 5.92. The van der Waals surface area contributed by atoms with Crippen LogP contribution in [0.1, 0.15) is 73.4 Å². The Labute approximate surface area is 279 Å². The van der Waals surface area contributed by atoms with Crippen LogP contribution in [0, 0.1) is 63.1 Å². The van der Waals surface area contributed by atoms with Crippen molar-refractivity contribution in [2.75, 3.05) is 0 Å². The average molecular weight is 613 g/mol. The third-order valence-corrected chi connectivity index (χ3v) is 10.7. The van der Waals surface area contributed by atoms with Gasteiger partial charge in [0.25, 0.3) is 0 Å². The van der Waals surface area contributed by atoms with E-state index in [4.69, 9.17) is 5.41 Å². The Morgan fingerprint density at radius 1 is 0.630 bits per heavy atom. The van der Waals surface area contributed by atoms with Crippen LogP contribution in [0.2, 0.25) is 0 Å². The van der Waals surface area contributed by atoms with Gasteiger partial charge >= 0.3 is 0 Å². The highest BCUT2D eigenvalue weighted by molar-refractivity contribution is 6.40. The summed E-state index contributed by atoms with van der Waals surface area (Å²) in [5, 5.41) is 19.0. The monoisotopic (exact) mass is 612 g/mol. The van der Waals surface area contributed by atoms with Gasteiger partial charge in [0.05, 0.1) is 5.71 Å². The highest BCUT2D eigenvalue weighted by Gasteiger charge is 2.61. The first-order valence-electron chi connectivity index (χ1n) is 17.2. The van der Waals surface area contributed by atoms with E-state index in [2.05, 4.69) is 166 Å². The van der Waals surface area contributed by atoms with Gasteiger partial charge in [0.2, 0.25) is 0 Å². The molecule has 4 unspecified atom stereocenters. The molecule has 0 saturated heterocycles. The Morgan fingerprint density at radius 2 is 0.978 bits per heavy atom. The quantitative estimate of drug-likeness (QED) is 0.177. The van der Waals surface area contributed by atoms with Gasteiger partial charge in [-0.05, 0) is 64.7 Å². The van der Waals surface area contributed by atoms with Crippen molar-refractivity contribution in [3.05, 3.63) is 133 Å². The molecule has 2 N–H and O–H groups in total. The van der Waals surface area contributed by atoms with Crippen molar-refractivity contribution in [1.29, 1.82) is 10.8 Å². The predicted octanol–water partition coefficient (Wildman–Crippen LogP) is 11.9. The lowest BCUT2D eigenvalue weighted by atomic mass is 9.42. The van der Waals surface area contributed by atoms with Crippen molar-refractivity contribution in [3.63, 3.8) is 0 Å². The van der Waals surface area contributed by atoms with E-state index in [-0.39, 0.29) is 35.5 Å². The number of benzene rings is 2. The van der Waals surface area contributed by atoms with Crippen LogP contribution in [-0.4, -0.2) is 11.4 Å². The van der Waals surface area contributed by atoms with Crippen LogP contribution in [0.25, 0.3) is 11.1 Å². The second-order valence-electron chi connectivity index (χ2n) is 14.8. The molecule has 0 radical (unpaired) electrons. The van der Waals surface area contributed by atoms with Crippen molar-refractivity contribution in [3.8, 4) is 0 Å². The molecule has 2 aliphatic rings. The predicted molar refractivity (Wildman–Crippen MR) is 201 cm³/mol. The summed E-state index contributed by atoms with van der Waals surface area (Å²) in [6, 6.07) is 21.3. The Morgan fingerprint density at radius 3 is 1.24 bits per heavy atom. The van der Waals surface area contributed by atoms with Gasteiger partial charge in [0.1, 0.15) is 0 Å². The van der Waals surface area contributed by atoms with Gasteiger partial charge in [-0.25, -0.2) is 0 Å². The van der Waals surface area contributed by atoms with Crippen LogP contribution in [0.3, 0.4) is 0 Å². The summed E-state index contributed by atoms with van der Waals surface area (Å²) in [7, 11) is 0. The molecule has 0 bridgehead atoms. The summed E-state index contributed by atoms with van der Waals surface area (Å²) in [5.74, 6) is 0.595. The van der Waals surface area contributed by atoms with E-state index in [9.17, 15) is 5.41 Å². The topological polar surface area (TPSA) is 47.7 Å². The maximum atomic E-state index is 9.97. The number of hydrogen-bond acceptors (Lipinski definition) is 2. The zero-order valence-electron chi connectivity index (χ0n) is 29.7. The molecule has 2 aliphatic carbocycles. The number of hydrogen-bond donors (Lipinski definition) is 2. The molecular formula is C44H56N2. The van der Waals surface area contributed by atoms with E-state index < -0.39 is 16.7 Å². The van der Waals surface area contributed by atoms with Gasteiger partial charge in [-0.1, -0.05) is 164 Å². The molecule has 0 heterocycles. The highest BCUT2D eigenvalue weighted by atomic mass is 14.7. The zero-order valence-corrected chi connectivity index (χ0v) is 29.7. The van der Waals surface area contributed by atoms with Gasteiger partial charge in [0, 0.05) is 22.5 Å². The maximum Gasteiger partial charge on any atom is 0.0573 e. The van der Waals surface area contributed by atoms with Crippen molar-refractivity contribution in [1.82, 2.24) is 0 Å². The Kier molecular flexibility index (Phi) is 10.6. The molecule has 2 aromatic rings. The van der Waals surface area contributed by atoms with Crippen LogP contribution >= 0.6 is 0 Å². The molecule has 242 valence electrons. The summed E-state index contributed by atoms with van der Waals surface area (Å²) >= 11 is 0. The Balaban J connectivity index is 2.16. The minimum atomic E-state index is -0.632. The first kappa shape index (κ1) is 35.1. The fourth-order valence-corrected chi connectivity index (χ4v) is 8.72. The summed E-state index contributed by atoms with van der Waals surface area (Å²) in [4.78, 5) is 0. The molecule has 0 aliphatic heterocycles. The lowest BCUT2D eigenvalue weighted by Crippen LogP contribution is -2.57. The minimum absolute atomic E-state index is 0.0462. The number of allylic oxidation sites excluding steroid dienone is 10. The number of nitrogens with one attached hydrogen (secondary N) is 2. The zero-order chi connectivity index (χ0) is 34.0. The van der Waals surface area contributed by atoms with Crippen molar-refractivity contribution in [2.24, 2.45) is 52.3 Å². The van der Waals surface area contributed by atoms with Gasteiger partial charge in [0.15, 0.2) is 0 Å². The Hall–Kier alpha value is -3.78. The first-order chi connectivity index (χ1) is 21.8. The summed E-state index contributed by atoms with van der Waals surface area (Å²) in [5.41, 5.74) is 6.83. The van der Waals surface area contributed by atoms with Crippen LogP contribution < -0.4 is 0 Å². The molecule has 0 fully saturated rings. The number of rotatable bonds is 12. The van der Waals surface area contributed by atoms with E-state index in [0.29, 0.717) is 11.4 Å².